The summed E-state index contributed by atoms with van der Waals surface area (Å²) in [5.74, 6) is 0.179. The zero-order valence-electron chi connectivity index (χ0n) is 8.99. The van der Waals surface area contributed by atoms with Gasteiger partial charge in [0.15, 0.2) is 15.8 Å². The summed E-state index contributed by atoms with van der Waals surface area (Å²) < 4.78 is 12.7. The first kappa shape index (κ1) is 11.4. The first-order valence-electron chi connectivity index (χ1n) is 4.84. The molecular formula is C11H9FN4S. The van der Waals surface area contributed by atoms with Crippen LogP contribution < -0.4 is 10.6 Å². The lowest BCUT2D eigenvalue weighted by Crippen LogP contribution is -1.93. The molecule has 0 amide bonds. The Morgan fingerprint density at radius 2 is 2.06 bits per heavy atom. The van der Waals surface area contributed by atoms with Crippen molar-refractivity contribution in [2.45, 2.75) is 0 Å². The van der Waals surface area contributed by atoms with E-state index in [4.69, 9.17) is 5.26 Å². The van der Waals surface area contributed by atoms with Crippen LogP contribution in [-0.4, -0.2) is 12.0 Å². The van der Waals surface area contributed by atoms with Gasteiger partial charge in [-0.15, -0.1) is 0 Å². The Kier molecular flexibility index (Phi) is 3.21. The molecule has 1 aromatic carbocycles. The van der Waals surface area contributed by atoms with Gasteiger partial charge in [-0.25, -0.2) is 9.37 Å². The van der Waals surface area contributed by atoms with Crippen molar-refractivity contribution in [3.63, 3.8) is 0 Å². The summed E-state index contributed by atoms with van der Waals surface area (Å²) >= 11 is 1.26. The van der Waals surface area contributed by atoms with Gasteiger partial charge in [0.25, 0.3) is 0 Å². The average Bonchev–Trinajstić information content (AvgIpc) is 2.74. The second-order valence-electron chi connectivity index (χ2n) is 3.19. The second kappa shape index (κ2) is 4.80. The number of hydrogen-bond acceptors (Lipinski definition) is 5. The number of rotatable bonds is 3. The van der Waals surface area contributed by atoms with Gasteiger partial charge in [0.05, 0.1) is 0 Å². The van der Waals surface area contributed by atoms with Crippen molar-refractivity contribution < 1.29 is 4.39 Å². The molecule has 4 nitrogen and oxygen atoms in total. The van der Waals surface area contributed by atoms with E-state index in [9.17, 15) is 4.39 Å². The number of nitrogens with zero attached hydrogens (tertiary/aromatic N) is 2. The smallest absolute Gasteiger partial charge is 0.185 e. The highest BCUT2D eigenvalue weighted by Gasteiger charge is 2.09. The Bertz CT molecular complexity index is 556. The van der Waals surface area contributed by atoms with E-state index in [0.29, 0.717) is 21.5 Å². The molecule has 0 bridgehead atoms. The lowest BCUT2D eigenvalue weighted by atomic mass is 10.3. The predicted octanol–water partition coefficient (Wildman–Crippen LogP) is 2.94. The molecule has 0 saturated carbocycles. The van der Waals surface area contributed by atoms with Gasteiger partial charge in [0.2, 0.25) is 0 Å². The number of nitrogens with one attached hydrogen (secondary N) is 2. The molecule has 2 rings (SSSR count). The average molecular weight is 248 g/mol. The third-order valence-electron chi connectivity index (χ3n) is 2.05. The Morgan fingerprint density at radius 1 is 1.35 bits per heavy atom. The Labute approximate surface area is 102 Å². The third-order valence-corrected chi connectivity index (χ3v) is 3.03. The summed E-state index contributed by atoms with van der Waals surface area (Å²) in [5.41, 5.74) is 0.691. The minimum absolute atomic E-state index is 0.301. The third kappa shape index (κ3) is 2.52. The maximum absolute atomic E-state index is 12.7. The standard InChI is InChI=1S/C11H9FN4S/c1-14-11-16-10(9(6-13)17-11)15-8-4-2-7(12)3-5-8/h2-5,15H,1H3,(H,14,16). The molecule has 6 heteroatoms. The Hall–Kier alpha value is -2.13. The number of aromatic nitrogens is 1. The summed E-state index contributed by atoms with van der Waals surface area (Å²) in [6.45, 7) is 0. The zero-order chi connectivity index (χ0) is 12.3. The molecule has 2 aromatic rings. The van der Waals surface area contributed by atoms with Crippen molar-refractivity contribution in [2.24, 2.45) is 0 Å². The van der Waals surface area contributed by atoms with Crippen LogP contribution in [0.15, 0.2) is 24.3 Å². The fourth-order valence-electron chi connectivity index (χ4n) is 1.26. The monoisotopic (exact) mass is 248 g/mol. The van der Waals surface area contributed by atoms with E-state index < -0.39 is 0 Å². The topological polar surface area (TPSA) is 60.7 Å². The van der Waals surface area contributed by atoms with Crippen LogP contribution in [0.5, 0.6) is 0 Å². The highest BCUT2D eigenvalue weighted by molar-refractivity contribution is 7.16. The normalized spacial score (nSPS) is 9.71. The van der Waals surface area contributed by atoms with E-state index >= 15 is 0 Å². The largest absolute Gasteiger partial charge is 0.364 e. The van der Waals surface area contributed by atoms with Gasteiger partial charge in [-0.05, 0) is 24.3 Å². The van der Waals surface area contributed by atoms with Crippen LogP contribution in [0.25, 0.3) is 0 Å². The van der Waals surface area contributed by atoms with Crippen LogP contribution in [-0.2, 0) is 0 Å². The van der Waals surface area contributed by atoms with E-state index in [1.54, 1.807) is 19.2 Å². The van der Waals surface area contributed by atoms with Crippen LogP contribution in [0.3, 0.4) is 0 Å². The maximum atomic E-state index is 12.7. The van der Waals surface area contributed by atoms with Crippen LogP contribution in [0.2, 0.25) is 0 Å². The molecule has 0 unspecified atom stereocenters. The van der Waals surface area contributed by atoms with E-state index in [0.717, 1.165) is 0 Å². The van der Waals surface area contributed by atoms with E-state index in [2.05, 4.69) is 21.7 Å². The fourth-order valence-corrected chi connectivity index (χ4v) is 1.93. The lowest BCUT2D eigenvalue weighted by molar-refractivity contribution is 0.628. The van der Waals surface area contributed by atoms with Crippen molar-refractivity contribution in [1.82, 2.24) is 4.98 Å². The minimum Gasteiger partial charge on any atom is -0.364 e. The molecule has 1 aromatic heterocycles. The summed E-state index contributed by atoms with van der Waals surface area (Å²) in [7, 11) is 1.74. The number of thiazole rings is 1. The van der Waals surface area contributed by atoms with Crippen LogP contribution in [0.1, 0.15) is 4.88 Å². The van der Waals surface area contributed by atoms with Gasteiger partial charge < -0.3 is 10.6 Å². The van der Waals surface area contributed by atoms with Gasteiger partial charge in [-0.2, -0.15) is 5.26 Å². The molecule has 0 aliphatic carbocycles. The number of benzene rings is 1. The molecule has 0 aliphatic rings. The molecule has 2 N–H and O–H groups in total. The lowest BCUT2D eigenvalue weighted by Gasteiger charge is -2.02. The van der Waals surface area contributed by atoms with Crippen LogP contribution >= 0.6 is 11.3 Å². The van der Waals surface area contributed by atoms with Crippen molar-refractivity contribution in [1.29, 1.82) is 5.26 Å². The Morgan fingerprint density at radius 3 is 2.65 bits per heavy atom. The van der Waals surface area contributed by atoms with E-state index in [1.165, 1.54) is 23.5 Å². The number of nitriles is 1. The van der Waals surface area contributed by atoms with Gasteiger partial charge in [0.1, 0.15) is 11.9 Å². The maximum Gasteiger partial charge on any atom is 0.185 e. The molecule has 0 radical (unpaired) electrons. The van der Waals surface area contributed by atoms with Gasteiger partial charge in [-0.1, -0.05) is 11.3 Å². The zero-order valence-corrected chi connectivity index (χ0v) is 9.81. The van der Waals surface area contributed by atoms with Gasteiger partial charge >= 0.3 is 0 Å². The van der Waals surface area contributed by atoms with E-state index in [1.807, 2.05) is 0 Å². The molecule has 86 valence electrons. The highest BCUT2D eigenvalue weighted by atomic mass is 32.1. The molecular weight excluding hydrogens is 239 g/mol. The first-order chi connectivity index (χ1) is 8.22. The van der Waals surface area contributed by atoms with Gasteiger partial charge in [0, 0.05) is 12.7 Å². The number of hydrogen-bond donors (Lipinski definition) is 2. The summed E-state index contributed by atoms with van der Waals surface area (Å²) in [6.07, 6.45) is 0. The Balaban J connectivity index is 2.26. The van der Waals surface area contributed by atoms with E-state index in [-0.39, 0.29) is 5.82 Å². The predicted molar refractivity (Wildman–Crippen MR) is 66.1 cm³/mol. The number of halogens is 1. The van der Waals surface area contributed by atoms with Crippen LogP contribution in [0.4, 0.5) is 21.0 Å². The molecule has 0 saturated heterocycles. The highest BCUT2D eigenvalue weighted by Crippen LogP contribution is 2.28. The second-order valence-corrected chi connectivity index (χ2v) is 4.19. The molecule has 0 aliphatic heterocycles. The van der Waals surface area contributed by atoms with Crippen molar-refractivity contribution in [3.05, 3.63) is 35.0 Å². The quantitative estimate of drug-likeness (QED) is 0.876. The van der Waals surface area contributed by atoms with Gasteiger partial charge in [-0.3, -0.25) is 0 Å². The first-order valence-corrected chi connectivity index (χ1v) is 5.66. The van der Waals surface area contributed by atoms with Crippen LogP contribution in [0, 0.1) is 17.1 Å². The molecule has 17 heavy (non-hydrogen) atoms. The summed E-state index contributed by atoms with van der Waals surface area (Å²) in [4.78, 5) is 4.68. The molecule has 0 atom stereocenters. The summed E-state index contributed by atoms with van der Waals surface area (Å²) in [5, 5.41) is 15.4. The summed E-state index contributed by atoms with van der Waals surface area (Å²) in [6, 6.07) is 7.94. The molecule has 0 fully saturated rings. The SMILES string of the molecule is CNc1nc(Nc2ccc(F)cc2)c(C#N)s1. The molecule has 0 spiro atoms. The van der Waals surface area contributed by atoms with Crippen molar-refractivity contribution in [3.8, 4) is 6.07 Å². The number of anilines is 3. The van der Waals surface area contributed by atoms with Crippen molar-refractivity contribution >= 4 is 28.0 Å². The molecule has 1 heterocycles. The van der Waals surface area contributed by atoms with Crippen molar-refractivity contribution in [2.75, 3.05) is 17.7 Å². The minimum atomic E-state index is -0.301. The fraction of sp³-hybridized carbons (Fsp3) is 0.0909.